The topological polar surface area (TPSA) is 63.8 Å². The molecule has 9 heteroatoms. The van der Waals surface area contributed by atoms with Crippen molar-refractivity contribution in [3.8, 4) is 0 Å². The van der Waals surface area contributed by atoms with Crippen LogP contribution in [-0.2, 0) is 0 Å². The van der Waals surface area contributed by atoms with Crippen molar-refractivity contribution in [2.45, 2.75) is 5.51 Å². The van der Waals surface area contributed by atoms with E-state index in [-0.39, 0.29) is 30.0 Å². The number of alkyl halides is 3. The molecule has 0 saturated heterocycles. The monoisotopic (exact) mass is 294 g/mol. The maximum Gasteiger partial charge on any atom is 0.441 e. The Morgan fingerprint density at radius 1 is 1.39 bits per heavy atom. The van der Waals surface area contributed by atoms with Gasteiger partial charge in [0, 0.05) is 12.3 Å². The zero-order valence-electron chi connectivity index (χ0n) is 8.99. The number of hydrogen-bond donors (Lipinski definition) is 2. The molecule has 2 aromatic rings. The van der Waals surface area contributed by atoms with E-state index in [0.29, 0.717) is 10.6 Å². The van der Waals surface area contributed by atoms with E-state index in [1.54, 1.807) is 6.07 Å². The number of rotatable bonds is 4. The highest BCUT2D eigenvalue weighted by Gasteiger charge is 2.27. The Hall–Kier alpha value is -1.22. The molecule has 2 rings (SSSR count). The van der Waals surface area contributed by atoms with Crippen molar-refractivity contribution in [2.24, 2.45) is 0 Å². The molecule has 0 bridgehead atoms. The van der Waals surface area contributed by atoms with Crippen LogP contribution in [0.3, 0.4) is 0 Å². The van der Waals surface area contributed by atoms with Crippen LogP contribution in [0.15, 0.2) is 11.4 Å². The molecule has 2 aromatic heterocycles. The first-order chi connectivity index (χ1) is 8.46. The molecule has 0 aliphatic heterocycles. The van der Waals surface area contributed by atoms with Crippen molar-refractivity contribution in [2.75, 3.05) is 23.3 Å². The summed E-state index contributed by atoms with van der Waals surface area (Å²) in [5, 5.41) is 5.44. The lowest BCUT2D eigenvalue weighted by Gasteiger charge is -2.08. The lowest BCUT2D eigenvalue weighted by molar-refractivity contribution is -0.0327. The second-order valence-corrected chi connectivity index (χ2v) is 5.35. The van der Waals surface area contributed by atoms with Crippen LogP contribution < -0.4 is 11.1 Å². The molecule has 98 valence electrons. The molecule has 0 saturated carbocycles. The van der Waals surface area contributed by atoms with E-state index in [2.05, 4.69) is 15.3 Å². The summed E-state index contributed by atoms with van der Waals surface area (Å²) < 4.78 is 35.8. The first-order valence-corrected chi connectivity index (χ1v) is 6.77. The van der Waals surface area contributed by atoms with Gasteiger partial charge < -0.3 is 11.1 Å². The zero-order chi connectivity index (χ0) is 13.2. The number of nitrogens with two attached hydrogens (primary N) is 1. The molecule has 0 aliphatic rings. The Labute approximate surface area is 109 Å². The average Bonchev–Trinajstić information content (AvgIpc) is 2.70. The van der Waals surface area contributed by atoms with Crippen LogP contribution in [0, 0.1) is 0 Å². The predicted molar refractivity (Wildman–Crippen MR) is 68.8 cm³/mol. The molecule has 0 fully saturated rings. The summed E-state index contributed by atoms with van der Waals surface area (Å²) in [5.74, 6) is 0.497. The summed E-state index contributed by atoms with van der Waals surface area (Å²) in [7, 11) is 0. The number of fused-ring (bicyclic) bond motifs is 1. The van der Waals surface area contributed by atoms with Crippen LogP contribution in [0.4, 0.5) is 24.9 Å². The second-order valence-electron chi connectivity index (χ2n) is 3.29. The van der Waals surface area contributed by atoms with Gasteiger partial charge in [0.2, 0.25) is 5.95 Å². The Morgan fingerprint density at radius 2 is 2.17 bits per heavy atom. The summed E-state index contributed by atoms with van der Waals surface area (Å²) in [4.78, 5) is 8.72. The molecular formula is C9H9F3N4S2. The molecule has 4 nitrogen and oxygen atoms in total. The van der Waals surface area contributed by atoms with Crippen LogP contribution in [0.5, 0.6) is 0 Å². The van der Waals surface area contributed by atoms with Gasteiger partial charge in [0.05, 0.1) is 5.39 Å². The molecule has 0 amide bonds. The van der Waals surface area contributed by atoms with Gasteiger partial charge in [-0.05, 0) is 23.2 Å². The Bertz CT molecular complexity index is 540. The normalized spacial score (nSPS) is 11.9. The summed E-state index contributed by atoms with van der Waals surface area (Å²) in [6.45, 7) is 0.158. The van der Waals surface area contributed by atoms with Crippen molar-refractivity contribution in [1.82, 2.24) is 9.97 Å². The first kappa shape index (κ1) is 13.2. The van der Waals surface area contributed by atoms with E-state index in [9.17, 15) is 13.2 Å². The lowest BCUT2D eigenvalue weighted by atomic mass is 10.4. The van der Waals surface area contributed by atoms with E-state index >= 15 is 0 Å². The first-order valence-electron chi connectivity index (χ1n) is 4.91. The van der Waals surface area contributed by atoms with Gasteiger partial charge in [-0.1, -0.05) is 0 Å². The molecule has 18 heavy (non-hydrogen) atoms. The number of nitrogens with one attached hydrogen (secondary N) is 1. The molecule has 2 heterocycles. The minimum absolute atomic E-state index is 0.0701. The molecule has 0 aromatic carbocycles. The fraction of sp³-hybridized carbons (Fsp3) is 0.333. The van der Waals surface area contributed by atoms with Crippen LogP contribution in [-0.4, -0.2) is 27.8 Å². The number of nitrogen functional groups attached to an aromatic ring is 1. The van der Waals surface area contributed by atoms with Gasteiger partial charge in [0.1, 0.15) is 10.6 Å². The van der Waals surface area contributed by atoms with Gasteiger partial charge in [-0.2, -0.15) is 18.2 Å². The molecule has 0 atom stereocenters. The van der Waals surface area contributed by atoms with Crippen LogP contribution in [0.25, 0.3) is 10.2 Å². The van der Waals surface area contributed by atoms with Crippen molar-refractivity contribution in [3.63, 3.8) is 0 Å². The predicted octanol–water partition coefficient (Wildman–Crippen LogP) is 2.94. The van der Waals surface area contributed by atoms with Gasteiger partial charge in [-0.15, -0.1) is 11.3 Å². The van der Waals surface area contributed by atoms with E-state index in [0.717, 1.165) is 5.39 Å². The van der Waals surface area contributed by atoms with Crippen molar-refractivity contribution < 1.29 is 13.2 Å². The minimum Gasteiger partial charge on any atom is -0.369 e. The molecule has 0 unspecified atom stereocenters. The van der Waals surface area contributed by atoms with Gasteiger partial charge >= 0.3 is 5.51 Å². The number of thiophene rings is 1. The summed E-state index contributed by atoms with van der Waals surface area (Å²) in [6, 6.07) is 1.80. The Kier molecular flexibility index (Phi) is 3.81. The van der Waals surface area contributed by atoms with Gasteiger partial charge in [0.25, 0.3) is 0 Å². The minimum atomic E-state index is -4.20. The number of aromatic nitrogens is 2. The van der Waals surface area contributed by atoms with E-state index in [1.165, 1.54) is 11.3 Å². The van der Waals surface area contributed by atoms with E-state index in [1.807, 2.05) is 5.38 Å². The van der Waals surface area contributed by atoms with Gasteiger partial charge in [-0.3, -0.25) is 0 Å². The van der Waals surface area contributed by atoms with Crippen molar-refractivity contribution in [1.29, 1.82) is 0 Å². The largest absolute Gasteiger partial charge is 0.441 e. The zero-order valence-corrected chi connectivity index (χ0v) is 10.6. The van der Waals surface area contributed by atoms with Crippen molar-refractivity contribution >= 4 is 45.1 Å². The third-order valence-corrected chi connectivity index (χ3v) is 3.54. The van der Waals surface area contributed by atoms with Crippen LogP contribution >= 0.6 is 23.1 Å². The number of nitrogens with zero attached hydrogens (tertiary/aromatic N) is 2. The molecule has 3 N–H and O–H groups in total. The van der Waals surface area contributed by atoms with Gasteiger partial charge in [0.15, 0.2) is 0 Å². The lowest BCUT2D eigenvalue weighted by Crippen LogP contribution is -2.11. The average molecular weight is 294 g/mol. The van der Waals surface area contributed by atoms with E-state index in [4.69, 9.17) is 5.73 Å². The highest BCUT2D eigenvalue weighted by Crippen LogP contribution is 2.30. The molecular weight excluding hydrogens is 285 g/mol. The SMILES string of the molecule is Nc1nc(NCCSC(F)(F)F)c2ccsc2n1. The summed E-state index contributed by atoms with van der Waals surface area (Å²) >= 11 is 1.33. The number of anilines is 2. The van der Waals surface area contributed by atoms with E-state index < -0.39 is 5.51 Å². The Morgan fingerprint density at radius 3 is 2.89 bits per heavy atom. The fourth-order valence-electron chi connectivity index (χ4n) is 1.34. The molecule has 0 spiro atoms. The highest BCUT2D eigenvalue weighted by molar-refractivity contribution is 8.00. The summed E-state index contributed by atoms with van der Waals surface area (Å²) in [6.07, 6.45) is 0. The number of halogens is 3. The van der Waals surface area contributed by atoms with Crippen LogP contribution in [0.1, 0.15) is 0 Å². The second kappa shape index (κ2) is 5.19. The maximum absolute atomic E-state index is 11.9. The summed E-state index contributed by atoms with van der Waals surface area (Å²) in [5.41, 5.74) is 1.31. The number of thioether (sulfide) groups is 1. The third-order valence-electron chi connectivity index (χ3n) is 2.00. The fourth-order valence-corrected chi connectivity index (χ4v) is 2.55. The van der Waals surface area contributed by atoms with Gasteiger partial charge in [-0.25, -0.2) is 4.98 Å². The molecule has 0 aliphatic carbocycles. The van der Waals surface area contributed by atoms with Crippen molar-refractivity contribution in [3.05, 3.63) is 11.4 Å². The highest BCUT2D eigenvalue weighted by atomic mass is 32.2. The Balaban J connectivity index is 2.01. The third kappa shape index (κ3) is 3.39. The standard InChI is InChI=1S/C9H9F3N4S2/c10-9(11,12)18-4-2-14-6-5-1-3-17-7(5)16-8(13)15-6/h1,3H,2,4H2,(H3,13,14,15,16). The quantitative estimate of drug-likeness (QED) is 0.849. The maximum atomic E-state index is 11.9. The van der Waals surface area contributed by atoms with Crippen LogP contribution in [0.2, 0.25) is 0 Å². The number of hydrogen-bond acceptors (Lipinski definition) is 6. The molecule has 0 radical (unpaired) electrons. The smallest absolute Gasteiger partial charge is 0.369 e.